The fraction of sp³-hybridized carbons (Fsp3) is 0.333. The Kier molecular flexibility index (Phi) is 2.66. The molecule has 2 aromatic rings. The van der Waals surface area contributed by atoms with Gasteiger partial charge in [-0.05, 0) is 46.9 Å². The van der Waals surface area contributed by atoms with Crippen LogP contribution in [0.25, 0.3) is 11.1 Å². The second-order valence-electron chi connectivity index (χ2n) is 5.78. The van der Waals surface area contributed by atoms with Crippen molar-refractivity contribution >= 4 is 0 Å². The maximum absolute atomic E-state index is 5.73. The minimum Gasteiger partial charge on any atom is -0.381 e. The molecule has 2 aliphatic rings. The monoisotopic (exact) mass is 250 g/mol. The zero-order valence-corrected chi connectivity index (χ0v) is 11.0. The molecule has 0 radical (unpaired) electrons. The lowest BCUT2D eigenvalue weighted by atomic mass is 9.79. The molecule has 1 aliphatic heterocycles. The van der Waals surface area contributed by atoms with E-state index in [1.54, 1.807) is 0 Å². The van der Waals surface area contributed by atoms with E-state index in [1.807, 2.05) is 0 Å². The van der Waals surface area contributed by atoms with Crippen molar-refractivity contribution in [2.75, 3.05) is 13.2 Å². The SMILES string of the molecule is c1ccc2c(c1)C[C@H]1COC[C@@H]1Cc1ccccc1-2. The molecule has 1 saturated heterocycles. The minimum absolute atomic E-state index is 0.689. The van der Waals surface area contributed by atoms with Gasteiger partial charge >= 0.3 is 0 Å². The molecule has 96 valence electrons. The Morgan fingerprint density at radius 3 is 1.68 bits per heavy atom. The standard InChI is InChI=1S/C18H18O/c1-3-7-17-13(5-1)9-15-11-19-12-16(15)10-14-6-2-4-8-18(14)17/h1-8,15-16H,9-12H2/t15-,16-/m0/s1. The van der Waals surface area contributed by atoms with Crippen molar-refractivity contribution < 1.29 is 4.74 Å². The highest BCUT2D eigenvalue weighted by Gasteiger charge is 2.31. The summed E-state index contributed by atoms with van der Waals surface area (Å²) in [6.07, 6.45) is 2.32. The second kappa shape index (κ2) is 4.50. The van der Waals surface area contributed by atoms with Crippen molar-refractivity contribution in [1.82, 2.24) is 0 Å². The van der Waals surface area contributed by atoms with E-state index >= 15 is 0 Å². The van der Waals surface area contributed by atoms with Crippen molar-refractivity contribution in [3.8, 4) is 11.1 Å². The third-order valence-electron chi connectivity index (χ3n) is 4.62. The Labute approximate surface area is 114 Å². The van der Waals surface area contributed by atoms with Gasteiger partial charge < -0.3 is 4.74 Å². The van der Waals surface area contributed by atoms with E-state index in [0.29, 0.717) is 11.8 Å². The first-order valence-electron chi connectivity index (χ1n) is 7.16. The molecule has 0 amide bonds. The van der Waals surface area contributed by atoms with Gasteiger partial charge in [-0.15, -0.1) is 0 Å². The molecule has 2 atom stereocenters. The molecule has 0 aromatic heterocycles. The lowest BCUT2D eigenvalue weighted by Gasteiger charge is -2.25. The van der Waals surface area contributed by atoms with Crippen LogP contribution in [0.2, 0.25) is 0 Å². The average Bonchev–Trinajstić information content (AvgIpc) is 2.85. The van der Waals surface area contributed by atoms with Gasteiger partial charge in [0.1, 0.15) is 0 Å². The van der Waals surface area contributed by atoms with E-state index in [0.717, 1.165) is 26.1 Å². The van der Waals surface area contributed by atoms with E-state index in [4.69, 9.17) is 4.74 Å². The quantitative estimate of drug-likeness (QED) is 0.692. The normalized spacial score (nSPS) is 24.8. The maximum Gasteiger partial charge on any atom is 0.0501 e. The number of hydrogen-bond acceptors (Lipinski definition) is 1. The van der Waals surface area contributed by atoms with E-state index in [-0.39, 0.29) is 0 Å². The van der Waals surface area contributed by atoms with Gasteiger partial charge in [0.25, 0.3) is 0 Å². The summed E-state index contributed by atoms with van der Waals surface area (Å²) in [7, 11) is 0. The van der Waals surface area contributed by atoms with Crippen LogP contribution in [0, 0.1) is 11.8 Å². The summed E-state index contributed by atoms with van der Waals surface area (Å²) < 4.78 is 5.73. The van der Waals surface area contributed by atoms with E-state index in [1.165, 1.54) is 22.3 Å². The van der Waals surface area contributed by atoms with Crippen molar-refractivity contribution in [1.29, 1.82) is 0 Å². The first kappa shape index (κ1) is 11.2. The minimum atomic E-state index is 0.689. The van der Waals surface area contributed by atoms with Crippen LogP contribution in [0.15, 0.2) is 48.5 Å². The fourth-order valence-corrected chi connectivity index (χ4v) is 3.58. The topological polar surface area (TPSA) is 9.23 Å². The molecular formula is C18H18O. The summed E-state index contributed by atoms with van der Waals surface area (Å²) >= 11 is 0. The van der Waals surface area contributed by atoms with Crippen molar-refractivity contribution in [2.24, 2.45) is 11.8 Å². The van der Waals surface area contributed by atoms with Gasteiger partial charge in [-0.3, -0.25) is 0 Å². The molecule has 1 nitrogen and oxygen atoms in total. The van der Waals surface area contributed by atoms with Crippen LogP contribution in [-0.4, -0.2) is 13.2 Å². The lowest BCUT2D eigenvalue weighted by Crippen LogP contribution is -2.20. The smallest absolute Gasteiger partial charge is 0.0501 e. The van der Waals surface area contributed by atoms with Gasteiger partial charge in [-0.1, -0.05) is 48.5 Å². The van der Waals surface area contributed by atoms with Crippen LogP contribution in [-0.2, 0) is 17.6 Å². The molecule has 2 aromatic carbocycles. The van der Waals surface area contributed by atoms with Crippen LogP contribution >= 0.6 is 0 Å². The molecule has 1 fully saturated rings. The van der Waals surface area contributed by atoms with Crippen LogP contribution in [0.4, 0.5) is 0 Å². The highest BCUT2D eigenvalue weighted by atomic mass is 16.5. The number of hydrogen-bond donors (Lipinski definition) is 0. The predicted octanol–water partition coefficient (Wildman–Crippen LogP) is 3.71. The Morgan fingerprint density at radius 2 is 1.16 bits per heavy atom. The van der Waals surface area contributed by atoms with Crippen LogP contribution in [0.5, 0.6) is 0 Å². The highest BCUT2D eigenvalue weighted by Crippen LogP contribution is 2.37. The van der Waals surface area contributed by atoms with Gasteiger partial charge in [0.15, 0.2) is 0 Å². The second-order valence-corrected chi connectivity index (χ2v) is 5.78. The summed E-state index contributed by atoms with van der Waals surface area (Å²) in [5.41, 5.74) is 5.80. The molecule has 1 aliphatic carbocycles. The van der Waals surface area contributed by atoms with Crippen molar-refractivity contribution in [3.05, 3.63) is 59.7 Å². The van der Waals surface area contributed by atoms with Gasteiger partial charge in [0.05, 0.1) is 13.2 Å². The molecule has 0 bridgehead atoms. The van der Waals surface area contributed by atoms with Gasteiger partial charge in [-0.2, -0.15) is 0 Å². The largest absolute Gasteiger partial charge is 0.381 e. The number of ether oxygens (including phenoxy) is 1. The number of rotatable bonds is 0. The molecule has 0 N–H and O–H groups in total. The number of fused-ring (bicyclic) bond motifs is 4. The average molecular weight is 250 g/mol. The molecule has 1 heteroatoms. The summed E-state index contributed by atoms with van der Waals surface area (Å²) in [5, 5.41) is 0. The first-order chi connectivity index (χ1) is 9.42. The molecule has 19 heavy (non-hydrogen) atoms. The van der Waals surface area contributed by atoms with E-state index < -0.39 is 0 Å². The van der Waals surface area contributed by atoms with E-state index in [9.17, 15) is 0 Å². The molecule has 0 saturated carbocycles. The molecule has 0 unspecified atom stereocenters. The van der Waals surface area contributed by atoms with Crippen molar-refractivity contribution in [3.63, 3.8) is 0 Å². The summed E-state index contributed by atoms with van der Waals surface area (Å²) in [6.45, 7) is 1.86. The Balaban J connectivity index is 1.91. The summed E-state index contributed by atoms with van der Waals surface area (Å²) in [4.78, 5) is 0. The van der Waals surface area contributed by atoms with Crippen LogP contribution in [0.3, 0.4) is 0 Å². The maximum atomic E-state index is 5.73. The van der Waals surface area contributed by atoms with Crippen LogP contribution < -0.4 is 0 Å². The zero-order chi connectivity index (χ0) is 12.7. The van der Waals surface area contributed by atoms with Gasteiger partial charge in [0.2, 0.25) is 0 Å². The number of benzene rings is 2. The third-order valence-corrected chi connectivity index (χ3v) is 4.62. The zero-order valence-electron chi connectivity index (χ0n) is 11.0. The van der Waals surface area contributed by atoms with Crippen molar-refractivity contribution in [2.45, 2.75) is 12.8 Å². The molecular weight excluding hydrogens is 232 g/mol. The molecule has 0 spiro atoms. The van der Waals surface area contributed by atoms with Gasteiger partial charge in [-0.25, -0.2) is 0 Å². The Morgan fingerprint density at radius 1 is 0.684 bits per heavy atom. The Hall–Kier alpha value is -1.60. The summed E-state index contributed by atoms with van der Waals surface area (Å²) in [5.74, 6) is 1.38. The highest BCUT2D eigenvalue weighted by molar-refractivity contribution is 5.71. The first-order valence-corrected chi connectivity index (χ1v) is 7.16. The van der Waals surface area contributed by atoms with E-state index in [2.05, 4.69) is 48.5 Å². The van der Waals surface area contributed by atoms with Crippen LogP contribution in [0.1, 0.15) is 11.1 Å². The third kappa shape index (κ3) is 1.89. The lowest BCUT2D eigenvalue weighted by molar-refractivity contribution is 0.180. The summed E-state index contributed by atoms with van der Waals surface area (Å²) in [6, 6.07) is 17.7. The molecule has 1 heterocycles. The molecule has 4 rings (SSSR count). The predicted molar refractivity (Wildman–Crippen MR) is 77.1 cm³/mol. The fourth-order valence-electron chi connectivity index (χ4n) is 3.58. The van der Waals surface area contributed by atoms with Gasteiger partial charge in [0, 0.05) is 0 Å². The Bertz CT molecular complexity index is 549.